The molecule has 2 N–H and O–H groups in total. The number of benzene rings is 2. The number of fused-ring (bicyclic) bond motifs is 1. The van der Waals surface area contributed by atoms with Crippen molar-refractivity contribution in [2.45, 2.75) is 18.4 Å². The first-order valence-corrected chi connectivity index (χ1v) is 6.16. The van der Waals surface area contributed by atoms with Crippen molar-refractivity contribution < 1.29 is 14.7 Å². The van der Waals surface area contributed by atoms with Crippen molar-refractivity contribution in [2.75, 3.05) is 0 Å². The molecule has 2 atom stereocenters. The molecule has 1 amide bonds. The molecular formula is C15H13NO3. The number of hydrogen-bond donors (Lipinski definition) is 2. The molecule has 1 fully saturated rings. The lowest BCUT2D eigenvalue weighted by molar-refractivity contribution is -0.140. The Bertz CT molecular complexity index is 660. The summed E-state index contributed by atoms with van der Waals surface area (Å²) in [5.74, 6) is -1.50. The van der Waals surface area contributed by atoms with E-state index in [2.05, 4.69) is 5.32 Å². The number of amides is 1. The molecule has 4 heteroatoms. The summed E-state index contributed by atoms with van der Waals surface area (Å²) < 4.78 is 0. The van der Waals surface area contributed by atoms with E-state index in [1.165, 1.54) is 0 Å². The largest absolute Gasteiger partial charge is 0.480 e. The highest BCUT2D eigenvalue weighted by Gasteiger charge is 2.38. The smallest absolute Gasteiger partial charge is 0.326 e. The van der Waals surface area contributed by atoms with Crippen LogP contribution in [0.15, 0.2) is 42.5 Å². The zero-order chi connectivity index (χ0) is 13.4. The predicted molar refractivity (Wildman–Crippen MR) is 70.9 cm³/mol. The van der Waals surface area contributed by atoms with Crippen LogP contribution < -0.4 is 5.32 Å². The Balaban J connectivity index is 2.13. The summed E-state index contributed by atoms with van der Waals surface area (Å²) in [6.45, 7) is 0. The number of nitrogens with one attached hydrogen (secondary N) is 1. The van der Waals surface area contributed by atoms with Crippen molar-refractivity contribution in [2.24, 2.45) is 0 Å². The summed E-state index contributed by atoms with van der Waals surface area (Å²) >= 11 is 0. The van der Waals surface area contributed by atoms with Crippen molar-refractivity contribution >= 4 is 22.6 Å². The molecule has 3 rings (SSSR count). The summed E-state index contributed by atoms with van der Waals surface area (Å²) in [5.41, 5.74) is 0.920. The minimum Gasteiger partial charge on any atom is -0.480 e. The predicted octanol–water partition coefficient (Wildman–Crippen LogP) is 1.90. The maximum atomic E-state index is 11.5. The van der Waals surface area contributed by atoms with Crippen molar-refractivity contribution in [3.8, 4) is 0 Å². The summed E-state index contributed by atoms with van der Waals surface area (Å²) in [4.78, 5) is 22.8. The fourth-order valence-electron chi connectivity index (χ4n) is 2.75. The van der Waals surface area contributed by atoms with Crippen LogP contribution >= 0.6 is 0 Å². The average Bonchev–Trinajstić information content (AvgIpc) is 2.80. The summed E-state index contributed by atoms with van der Waals surface area (Å²) in [7, 11) is 0. The van der Waals surface area contributed by atoms with E-state index in [-0.39, 0.29) is 18.2 Å². The molecule has 4 nitrogen and oxygen atoms in total. The maximum absolute atomic E-state index is 11.5. The van der Waals surface area contributed by atoms with E-state index in [0.29, 0.717) is 0 Å². The second-order valence-corrected chi connectivity index (χ2v) is 4.76. The number of rotatable bonds is 2. The van der Waals surface area contributed by atoms with Crippen LogP contribution in [0, 0.1) is 0 Å². The van der Waals surface area contributed by atoms with Crippen LogP contribution in [0.2, 0.25) is 0 Å². The van der Waals surface area contributed by atoms with Crippen LogP contribution in [0.25, 0.3) is 10.8 Å². The van der Waals surface area contributed by atoms with Gasteiger partial charge in [0.15, 0.2) is 0 Å². The summed E-state index contributed by atoms with van der Waals surface area (Å²) in [5, 5.41) is 13.8. The maximum Gasteiger partial charge on any atom is 0.326 e. The third kappa shape index (κ3) is 1.95. The molecule has 0 spiro atoms. The Morgan fingerprint density at radius 3 is 2.68 bits per heavy atom. The van der Waals surface area contributed by atoms with E-state index >= 15 is 0 Å². The lowest BCUT2D eigenvalue weighted by atomic mass is 9.88. The third-order valence-electron chi connectivity index (χ3n) is 3.61. The van der Waals surface area contributed by atoms with Gasteiger partial charge in [-0.1, -0.05) is 42.5 Å². The highest BCUT2D eigenvalue weighted by molar-refractivity contribution is 5.93. The Morgan fingerprint density at radius 1 is 1.16 bits per heavy atom. The Labute approximate surface area is 110 Å². The van der Waals surface area contributed by atoms with Gasteiger partial charge < -0.3 is 10.4 Å². The van der Waals surface area contributed by atoms with Gasteiger partial charge in [-0.15, -0.1) is 0 Å². The lowest BCUT2D eigenvalue weighted by Crippen LogP contribution is -2.36. The van der Waals surface area contributed by atoms with E-state index in [9.17, 15) is 14.7 Å². The molecule has 1 aliphatic rings. The van der Waals surface area contributed by atoms with E-state index in [1.54, 1.807) is 0 Å². The molecular weight excluding hydrogens is 242 g/mol. The zero-order valence-electron chi connectivity index (χ0n) is 10.2. The molecule has 0 unspecified atom stereocenters. The van der Waals surface area contributed by atoms with E-state index < -0.39 is 12.0 Å². The molecule has 2 aromatic carbocycles. The average molecular weight is 255 g/mol. The van der Waals surface area contributed by atoms with E-state index in [1.807, 2.05) is 42.5 Å². The van der Waals surface area contributed by atoms with Crippen LogP contribution in [-0.2, 0) is 9.59 Å². The van der Waals surface area contributed by atoms with Crippen LogP contribution in [-0.4, -0.2) is 23.0 Å². The van der Waals surface area contributed by atoms with Gasteiger partial charge >= 0.3 is 5.97 Å². The van der Waals surface area contributed by atoms with Gasteiger partial charge in [0.25, 0.3) is 0 Å². The first-order valence-electron chi connectivity index (χ1n) is 6.16. The minimum absolute atomic E-state index is 0.203. The van der Waals surface area contributed by atoms with Crippen LogP contribution in [0.4, 0.5) is 0 Å². The molecule has 0 saturated carbocycles. The molecule has 0 aliphatic carbocycles. The van der Waals surface area contributed by atoms with E-state index in [4.69, 9.17) is 0 Å². The molecule has 2 aromatic rings. The van der Waals surface area contributed by atoms with Crippen molar-refractivity contribution in [3.05, 3.63) is 48.0 Å². The van der Waals surface area contributed by atoms with Crippen LogP contribution in [0.5, 0.6) is 0 Å². The van der Waals surface area contributed by atoms with Gasteiger partial charge in [0.2, 0.25) is 5.91 Å². The normalized spacial score (nSPS) is 22.4. The molecule has 1 aliphatic heterocycles. The lowest BCUT2D eigenvalue weighted by Gasteiger charge is -2.17. The third-order valence-corrected chi connectivity index (χ3v) is 3.61. The van der Waals surface area contributed by atoms with E-state index in [0.717, 1.165) is 16.3 Å². The van der Waals surface area contributed by atoms with Gasteiger partial charge in [0.05, 0.1) is 0 Å². The summed E-state index contributed by atoms with van der Waals surface area (Å²) in [6, 6.07) is 12.8. The summed E-state index contributed by atoms with van der Waals surface area (Å²) in [6.07, 6.45) is 0.227. The Hall–Kier alpha value is -2.36. The second kappa shape index (κ2) is 4.39. The van der Waals surface area contributed by atoms with Crippen LogP contribution in [0.1, 0.15) is 17.9 Å². The van der Waals surface area contributed by atoms with Gasteiger partial charge in [-0.3, -0.25) is 4.79 Å². The number of carbonyl (C=O) groups is 2. The fourth-order valence-corrected chi connectivity index (χ4v) is 2.75. The first-order chi connectivity index (χ1) is 9.16. The molecule has 0 bridgehead atoms. The topological polar surface area (TPSA) is 66.4 Å². The highest BCUT2D eigenvalue weighted by Crippen LogP contribution is 2.33. The molecule has 1 saturated heterocycles. The number of carboxylic acid groups (broad SMARTS) is 1. The van der Waals surface area contributed by atoms with Crippen LogP contribution in [0.3, 0.4) is 0 Å². The number of aliphatic carboxylic acids is 1. The van der Waals surface area contributed by atoms with Gasteiger partial charge in [0.1, 0.15) is 6.04 Å². The molecule has 0 radical (unpaired) electrons. The van der Waals surface area contributed by atoms with Crippen molar-refractivity contribution in [1.82, 2.24) is 5.32 Å². The second-order valence-electron chi connectivity index (χ2n) is 4.76. The number of carbonyl (C=O) groups excluding carboxylic acids is 1. The highest BCUT2D eigenvalue weighted by atomic mass is 16.4. The molecule has 96 valence electrons. The molecule has 0 aromatic heterocycles. The van der Waals surface area contributed by atoms with Gasteiger partial charge in [-0.25, -0.2) is 4.79 Å². The van der Waals surface area contributed by atoms with Gasteiger partial charge in [-0.2, -0.15) is 0 Å². The first kappa shape index (κ1) is 11.7. The molecule has 19 heavy (non-hydrogen) atoms. The Morgan fingerprint density at radius 2 is 1.89 bits per heavy atom. The van der Waals surface area contributed by atoms with Gasteiger partial charge in [-0.05, 0) is 16.3 Å². The quantitative estimate of drug-likeness (QED) is 0.861. The standard InChI is InChI=1S/C15H13NO3/c17-13-8-12(14(16-13)15(18)19)11-7-3-5-9-4-1-2-6-10(9)11/h1-7,12,14H,8H2,(H,16,17)(H,18,19)/t12-,14+/m1/s1. The zero-order valence-corrected chi connectivity index (χ0v) is 10.2. The minimum atomic E-state index is -0.983. The van der Waals surface area contributed by atoms with Crippen molar-refractivity contribution in [3.63, 3.8) is 0 Å². The van der Waals surface area contributed by atoms with Gasteiger partial charge in [0, 0.05) is 12.3 Å². The fraction of sp³-hybridized carbons (Fsp3) is 0.200. The number of hydrogen-bond acceptors (Lipinski definition) is 2. The SMILES string of the molecule is O=C1C[C@H](c2cccc3ccccc23)[C@@H](C(=O)O)N1. The van der Waals surface area contributed by atoms with Crippen molar-refractivity contribution in [1.29, 1.82) is 0 Å². The molecule has 1 heterocycles. The Kier molecular flexibility index (Phi) is 2.71. The number of carboxylic acids is 1. The monoisotopic (exact) mass is 255 g/mol.